The molecule has 8 heteroatoms. The number of carbonyl (C=O) groups is 2. The predicted octanol–water partition coefficient (Wildman–Crippen LogP) is 1.20. The van der Waals surface area contributed by atoms with Gasteiger partial charge in [0.05, 0.1) is 12.7 Å². The van der Waals surface area contributed by atoms with E-state index in [1.807, 2.05) is 31.2 Å². The number of carboxylic acids is 1. The minimum Gasteiger partial charge on any atom is -0.491 e. The second-order valence-corrected chi connectivity index (χ2v) is 6.55. The highest BCUT2D eigenvalue weighted by atomic mass is 16.5. The predicted molar refractivity (Wildman–Crippen MR) is 98.6 cm³/mol. The first-order valence-electron chi connectivity index (χ1n) is 8.97. The third-order valence-electron chi connectivity index (χ3n) is 4.67. The van der Waals surface area contributed by atoms with Gasteiger partial charge in [0.1, 0.15) is 17.8 Å². The summed E-state index contributed by atoms with van der Waals surface area (Å²) in [5, 5.41) is 35.6. The van der Waals surface area contributed by atoms with E-state index in [-0.39, 0.29) is 19.7 Å². The lowest BCUT2D eigenvalue weighted by molar-refractivity contribution is -0.164. The Labute approximate surface area is 159 Å². The summed E-state index contributed by atoms with van der Waals surface area (Å²) in [7, 11) is 0. The van der Waals surface area contributed by atoms with E-state index in [0.717, 1.165) is 12.0 Å². The fourth-order valence-corrected chi connectivity index (χ4v) is 3.42. The lowest BCUT2D eigenvalue weighted by Crippen LogP contribution is -2.55. The molecule has 1 heterocycles. The van der Waals surface area contributed by atoms with Gasteiger partial charge in [0.15, 0.2) is 0 Å². The zero-order valence-corrected chi connectivity index (χ0v) is 15.6. The molecule has 2 rings (SSSR count). The number of nitrogens with zero attached hydrogens (tertiary/aromatic N) is 1. The van der Waals surface area contributed by atoms with Crippen LogP contribution in [0.2, 0.25) is 0 Å². The fourth-order valence-electron chi connectivity index (χ4n) is 3.42. The summed E-state index contributed by atoms with van der Waals surface area (Å²) < 4.78 is 5.34. The summed E-state index contributed by atoms with van der Waals surface area (Å²) in [5.74, 6) is -0.206. The smallest absolute Gasteiger partial charge is 0.313 e. The van der Waals surface area contributed by atoms with Crippen LogP contribution >= 0.6 is 0 Å². The number of aliphatic hydroxyl groups is 2. The molecule has 1 saturated heterocycles. The van der Waals surface area contributed by atoms with Crippen LogP contribution < -0.4 is 4.74 Å². The molecule has 1 aromatic rings. The minimum atomic E-state index is -1.07. The first-order chi connectivity index (χ1) is 12.9. The van der Waals surface area contributed by atoms with Crippen molar-refractivity contribution in [2.75, 3.05) is 26.3 Å². The third kappa shape index (κ3) is 6.50. The van der Waals surface area contributed by atoms with Crippen LogP contribution in [-0.4, -0.2) is 70.2 Å². The van der Waals surface area contributed by atoms with Gasteiger partial charge in [-0.15, -0.1) is 0 Å². The Kier molecular flexibility index (Phi) is 9.77. The minimum absolute atomic E-state index is 0.0213. The van der Waals surface area contributed by atoms with Crippen LogP contribution in [0.1, 0.15) is 31.7 Å². The number of piperidine rings is 1. The van der Waals surface area contributed by atoms with E-state index in [2.05, 4.69) is 4.90 Å². The largest absolute Gasteiger partial charge is 0.491 e. The summed E-state index contributed by atoms with van der Waals surface area (Å²) in [4.78, 5) is 22.3. The van der Waals surface area contributed by atoms with E-state index in [0.29, 0.717) is 38.2 Å². The molecule has 27 heavy (non-hydrogen) atoms. The number of likely N-dealkylation sites (tertiary alicyclic amines) is 1. The SMILES string of the molecule is CCC[C@@]1(C(=O)O)CN(Cc2ccc(OCCO)cc2)CC[C@@H]1O.O=CO. The lowest BCUT2D eigenvalue weighted by Gasteiger charge is -2.43. The Balaban J connectivity index is 0.00000114. The van der Waals surface area contributed by atoms with Crippen molar-refractivity contribution in [3.05, 3.63) is 29.8 Å². The Morgan fingerprint density at radius 1 is 1.37 bits per heavy atom. The summed E-state index contributed by atoms with van der Waals surface area (Å²) in [5.41, 5.74) is -0.00417. The number of ether oxygens (including phenoxy) is 1. The number of hydrogen-bond donors (Lipinski definition) is 4. The number of carboxylic acid groups (broad SMARTS) is 2. The van der Waals surface area contributed by atoms with Gasteiger partial charge in [-0.1, -0.05) is 25.5 Å². The van der Waals surface area contributed by atoms with Crippen molar-refractivity contribution >= 4 is 12.4 Å². The van der Waals surface area contributed by atoms with Gasteiger partial charge in [0, 0.05) is 19.6 Å². The molecule has 0 aliphatic carbocycles. The molecule has 2 atom stereocenters. The Hall–Kier alpha value is -2.16. The highest BCUT2D eigenvalue weighted by Crippen LogP contribution is 2.36. The van der Waals surface area contributed by atoms with Gasteiger partial charge < -0.3 is 25.2 Å². The van der Waals surface area contributed by atoms with E-state index >= 15 is 0 Å². The van der Waals surface area contributed by atoms with Gasteiger partial charge in [-0.25, -0.2) is 0 Å². The van der Waals surface area contributed by atoms with Crippen LogP contribution in [0, 0.1) is 5.41 Å². The number of rotatable bonds is 8. The maximum absolute atomic E-state index is 11.8. The first-order valence-corrected chi connectivity index (χ1v) is 8.97. The standard InChI is InChI=1S/C18H27NO5.CH2O2/c1-2-8-18(17(22)23)13-19(9-7-16(18)21)12-14-3-5-15(6-4-14)24-11-10-20;2-1-3/h3-6,16,20-21H,2,7-13H2,1H3,(H,22,23);1H,(H,2,3)/t16-,18+;/m0./s1. The second-order valence-electron chi connectivity index (χ2n) is 6.55. The van der Waals surface area contributed by atoms with E-state index in [1.165, 1.54) is 0 Å². The van der Waals surface area contributed by atoms with Crippen LogP contribution in [0.15, 0.2) is 24.3 Å². The van der Waals surface area contributed by atoms with Crippen LogP contribution in [0.25, 0.3) is 0 Å². The summed E-state index contributed by atoms with van der Waals surface area (Å²) in [6.45, 7) is 3.63. The molecule has 1 aliphatic rings. The molecule has 4 N–H and O–H groups in total. The Morgan fingerprint density at radius 2 is 2.00 bits per heavy atom. The molecule has 0 unspecified atom stereocenters. The number of aliphatic hydroxyl groups excluding tert-OH is 2. The number of benzene rings is 1. The van der Waals surface area contributed by atoms with Gasteiger partial charge in [0.2, 0.25) is 0 Å². The molecule has 0 amide bonds. The van der Waals surface area contributed by atoms with Crippen molar-refractivity contribution < 1.29 is 34.8 Å². The van der Waals surface area contributed by atoms with E-state index < -0.39 is 17.5 Å². The van der Waals surface area contributed by atoms with Crippen molar-refractivity contribution in [1.82, 2.24) is 4.90 Å². The van der Waals surface area contributed by atoms with Crippen molar-refractivity contribution in [2.24, 2.45) is 5.41 Å². The second kappa shape index (κ2) is 11.5. The van der Waals surface area contributed by atoms with Crippen LogP contribution in [0.5, 0.6) is 5.75 Å². The van der Waals surface area contributed by atoms with E-state index in [4.69, 9.17) is 19.7 Å². The molecule has 0 radical (unpaired) electrons. The van der Waals surface area contributed by atoms with Gasteiger partial charge in [-0.05, 0) is 30.5 Å². The van der Waals surface area contributed by atoms with Crippen molar-refractivity contribution in [3.63, 3.8) is 0 Å². The zero-order valence-electron chi connectivity index (χ0n) is 15.6. The molecular formula is C19H29NO7. The van der Waals surface area contributed by atoms with Crippen molar-refractivity contribution in [2.45, 2.75) is 38.8 Å². The van der Waals surface area contributed by atoms with Gasteiger partial charge in [-0.3, -0.25) is 14.5 Å². The fraction of sp³-hybridized carbons (Fsp3) is 0.579. The number of aliphatic carboxylic acids is 1. The first kappa shape index (κ1) is 22.9. The molecule has 0 spiro atoms. The van der Waals surface area contributed by atoms with Crippen molar-refractivity contribution in [3.8, 4) is 5.75 Å². The summed E-state index contributed by atoms with van der Waals surface area (Å²) >= 11 is 0. The molecule has 0 aromatic heterocycles. The molecule has 0 saturated carbocycles. The topological polar surface area (TPSA) is 128 Å². The van der Waals surface area contributed by atoms with Crippen molar-refractivity contribution in [1.29, 1.82) is 0 Å². The Bertz CT molecular complexity index is 578. The van der Waals surface area contributed by atoms with E-state index in [9.17, 15) is 15.0 Å². The van der Waals surface area contributed by atoms with Crippen LogP contribution in [0.4, 0.5) is 0 Å². The molecular weight excluding hydrogens is 354 g/mol. The van der Waals surface area contributed by atoms with Crippen LogP contribution in [0.3, 0.4) is 0 Å². The molecule has 1 aromatic carbocycles. The molecule has 8 nitrogen and oxygen atoms in total. The highest BCUT2D eigenvalue weighted by molar-refractivity contribution is 5.76. The normalized spacial score (nSPS) is 22.4. The Morgan fingerprint density at radius 3 is 2.52 bits per heavy atom. The molecule has 0 bridgehead atoms. The van der Waals surface area contributed by atoms with Crippen LogP contribution in [-0.2, 0) is 16.1 Å². The zero-order chi connectivity index (χ0) is 20.3. The van der Waals surface area contributed by atoms with Gasteiger partial charge >= 0.3 is 5.97 Å². The summed E-state index contributed by atoms with van der Waals surface area (Å²) in [6, 6.07) is 7.58. The van der Waals surface area contributed by atoms with Gasteiger partial charge in [-0.2, -0.15) is 0 Å². The average molecular weight is 383 g/mol. The van der Waals surface area contributed by atoms with E-state index in [1.54, 1.807) is 0 Å². The number of hydrogen-bond acceptors (Lipinski definition) is 6. The average Bonchev–Trinajstić information content (AvgIpc) is 2.64. The molecule has 152 valence electrons. The summed E-state index contributed by atoms with van der Waals surface area (Å²) in [6.07, 6.45) is 0.895. The molecule has 1 fully saturated rings. The highest BCUT2D eigenvalue weighted by Gasteiger charge is 2.48. The quantitative estimate of drug-likeness (QED) is 0.493. The third-order valence-corrected chi connectivity index (χ3v) is 4.67. The molecule has 1 aliphatic heterocycles. The van der Waals surface area contributed by atoms with Gasteiger partial charge in [0.25, 0.3) is 6.47 Å². The maximum atomic E-state index is 11.8. The maximum Gasteiger partial charge on any atom is 0.313 e. The lowest BCUT2D eigenvalue weighted by atomic mass is 9.74. The monoisotopic (exact) mass is 383 g/mol.